The summed E-state index contributed by atoms with van der Waals surface area (Å²) >= 11 is 0. The maximum Gasteiger partial charge on any atom is 0.273 e. The van der Waals surface area contributed by atoms with E-state index in [1.54, 1.807) is 18.2 Å². The summed E-state index contributed by atoms with van der Waals surface area (Å²) < 4.78 is 43.6. The Hall–Kier alpha value is -1.77. The Balaban J connectivity index is 1.56. The van der Waals surface area contributed by atoms with E-state index in [1.165, 1.54) is 63.5 Å². The second-order valence-electron chi connectivity index (χ2n) is 10.0. The lowest BCUT2D eigenvalue weighted by molar-refractivity contribution is -0.0154. The molecule has 0 nitrogen and oxygen atoms in total. The van der Waals surface area contributed by atoms with Crippen LogP contribution in [0.25, 0.3) is 11.1 Å². The fourth-order valence-corrected chi connectivity index (χ4v) is 5.28. The smallest absolute Gasteiger partial charge is 0.206 e. The van der Waals surface area contributed by atoms with Gasteiger partial charge in [0.05, 0.1) is 0 Å². The molecule has 0 unspecified atom stereocenters. The highest BCUT2D eigenvalue weighted by molar-refractivity contribution is 5.65. The number of unbranched alkanes of at least 4 members (excludes halogenated alkanes) is 5. The van der Waals surface area contributed by atoms with Gasteiger partial charge in [0, 0.05) is 17.5 Å². The number of rotatable bonds is 12. The molecular weight excluding hydrogens is 417 g/mol. The van der Waals surface area contributed by atoms with E-state index in [1.807, 2.05) is 19.1 Å². The van der Waals surface area contributed by atoms with Crippen LogP contribution in [-0.2, 0) is 5.92 Å². The Labute approximate surface area is 199 Å². The fraction of sp³-hybridized carbons (Fsp3) is 0.600. The zero-order valence-electron chi connectivity index (χ0n) is 20.5. The highest BCUT2D eigenvalue weighted by atomic mass is 19.3. The maximum atomic E-state index is 15.0. The van der Waals surface area contributed by atoms with Crippen LogP contribution in [0.5, 0.6) is 0 Å². The fourth-order valence-electron chi connectivity index (χ4n) is 5.28. The molecule has 2 aromatic carbocycles. The number of hydrogen-bond acceptors (Lipinski definition) is 0. The average Bonchev–Trinajstić information content (AvgIpc) is 2.83. The lowest BCUT2D eigenvalue weighted by Crippen LogP contribution is -2.13. The second-order valence-corrected chi connectivity index (χ2v) is 10.0. The van der Waals surface area contributed by atoms with Gasteiger partial charge in [-0.15, -0.1) is 0 Å². The van der Waals surface area contributed by atoms with Crippen molar-refractivity contribution in [1.82, 2.24) is 0 Å². The summed E-state index contributed by atoms with van der Waals surface area (Å²) in [5, 5.41) is 0. The maximum absolute atomic E-state index is 15.0. The van der Waals surface area contributed by atoms with Crippen LogP contribution in [0.2, 0.25) is 0 Å². The Morgan fingerprint density at radius 2 is 1.45 bits per heavy atom. The minimum Gasteiger partial charge on any atom is -0.206 e. The van der Waals surface area contributed by atoms with Crippen LogP contribution in [0.1, 0.15) is 114 Å². The summed E-state index contributed by atoms with van der Waals surface area (Å²) in [6.07, 6.45) is 13.9. The SMILES string of the molecule is CCCCCCCC1CCC(c2ccc(-c3ccc(C(F)(F)CCCC)cc3)c(F)c2)CC1. The zero-order valence-corrected chi connectivity index (χ0v) is 20.5. The average molecular weight is 459 g/mol. The van der Waals surface area contributed by atoms with E-state index in [2.05, 4.69) is 6.92 Å². The molecule has 0 radical (unpaired) electrons. The first kappa shape index (κ1) is 25.8. The highest BCUT2D eigenvalue weighted by Crippen LogP contribution is 2.39. The predicted octanol–water partition coefficient (Wildman–Crippen LogP) is 10.4. The summed E-state index contributed by atoms with van der Waals surface area (Å²) in [6, 6.07) is 11.7. The lowest BCUT2D eigenvalue weighted by Gasteiger charge is -2.29. The van der Waals surface area contributed by atoms with Gasteiger partial charge in [0.1, 0.15) is 5.82 Å². The Kier molecular flexibility index (Phi) is 9.89. The molecule has 0 bridgehead atoms. The molecule has 3 rings (SSSR count). The van der Waals surface area contributed by atoms with Crippen molar-refractivity contribution < 1.29 is 13.2 Å². The van der Waals surface area contributed by atoms with Crippen molar-refractivity contribution in [3.05, 3.63) is 59.4 Å². The van der Waals surface area contributed by atoms with Gasteiger partial charge in [0.25, 0.3) is 5.92 Å². The zero-order chi connectivity index (χ0) is 23.7. The van der Waals surface area contributed by atoms with Gasteiger partial charge in [0.2, 0.25) is 0 Å². The number of hydrogen-bond donors (Lipinski definition) is 0. The van der Waals surface area contributed by atoms with Crippen molar-refractivity contribution in [3.8, 4) is 11.1 Å². The summed E-state index contributed by atoms with van der Waals surface area (Å²) in [5.41, 5.74) is 2.24. The van der Waals surface area contributed by atoms with Crippen molar-refractivity contribution in [2.45, 2.75) is 109 Å². The van der Waals surface area contributed by atoms with Crippen molar-refractivity contribution in [1.29, 1.82) is 0 Å². The van der Waals surface area contributed by atoms with E-state index in [9.17, 15) is 13.2 Å². The van der Waals surface area contributed by atoms with Crippen LogP contribution < -0.4 is 0 Å². The van der Waals surface area contributed by atoms with Crippen LogP contribution in [0, 0.1) is 11.7 Å². The molecule has 1 fully saturated rings. The van der Waals surface area contributed by atoms with Gasteiger partial charge >= 0.3 is 0 Å². The molecule has 0 heterocycles. The van der Waals surface area contributed by atoms with Gasteiger partial charge in [-0.05, 0) is 61.1 Å². The van der Waals surface area contributed by atoms with Crippen molar-refractivity contribution in [2.75, 3.05) is 0 Å². The third-order valence-electron chi connectivity index (χ3n) is 7.49. The number of alkyl halides is 2. The molecule has 0 atom stereocenters. The monoisotopic (exact) mass is 458 g/mol. The van der Waals surface area contributed by atoms with Crippen LogP contribution in [0.4, 0.5) is 13.2 Å². The Bertz CT molecular complexity index is 832. The molecule has 0 saturated heterocycles. The van der Waals surface area contributed by atoms with Crippen LogP contribution in [-0.4, -0.2) is 0 Å². The first-order valence-corrected chi connectivity index (χ1v) is 13.2. The van der Waals surface area contributed by atoms with Crippen molar-refractivity contribution in [2.24, 2.45) is 5.92 Å². The molecule has 0 spiro atoms. The molecule has 1 aliphatic carbocycles. The molecule has 0 aliphatic heterocycles. The molecule has 2 aromatic rings. The quantitative estimate of drug-likeness (QED) is 0.277. The van der Waals surface area contributed by atoms with Crippen LogP contribution >= 0.6 is 0 Å². The highest BCUT2D eigenvalue weighted by Gasteiger charge is 2.30. The molecule has 0 aromatic heterocycles. The first-order valence-electron chi connectivity index (χ1n) is 13.2. The summed E-state index contributed by atoms with van der Waals surface area (Å²) in [6.45, 7) is 4.16. The lowest BCUT2D eigenvalue weighted by atomic mass is 9.77. The van der Waals surface area contributed by atoms with E-state index < -0.39 is 5.92 Å². The third-order valence-corrected chi connectivity index (χ3v) is 7.49. The summed E-state index contributed by atoms with van der Waals surface area (Å²) in [5.74, 6) is -1.81. The topological polar surface area (TPSA) is 0 Å². The minimum atomic E-state index is -2.83. The van der Waals surface area contributed by atoms with E-state index in [0.717, 1.165) is 30.7 Å². The molecule has 1 saturated carbocycles. The van der Waals surface area contributed by atoms with E-state index in [4.69, 9.17) is 0 Å². The van der Waals surface area contributed by atoms with Gasteiger partial charge in [-0.25, -0.2) is 13.2 Å². The van der Waals surface area contributed by atoms with Gasteiger partial charge < -0.3 is 0 Å². The molecule has 33 heavy (non-hydrogen) atoms. The summed E-state index contributed by atoms with van der Waals surface area (Å²) in [7, 11) is 0. The molecule has 1 aliphatic rings. The molecule has 182 valence electrons. The van der Waals surface area contributed by atoms with Crippen molar-refractivity contribution >= 4 is 0 Å². The van der Waals surface area contributed by atoms with Gasteiger partial charge in [-0.1, -0.05) is 95.2 Å². The third kappa shape index (κ3) is 7.36. The molecule has 0 N–H and O–H groups in total. The standard InChI is InChI=1S/C30H41F3/c1-3-5-7-8-9-10-23-11-13-24(14-12-23)26-17-20-28(29(31)22-26)25-15-18-27(19-16-25)30(32,33)21-6-4-2/h15-20,22-24H,3-14,21H2,1-2H3. The minimum absolute atomic E-state index is 0.0128. The molecule has 0 amide bonds. The number of benzene rings is 2. The Morgan fingerprint density at radius 1 is 0.788 bits per heavy atom. The van der Waals surface area contributed by atoms with E-state index >= 15 is 0 Å². The normalized spacial score (nSPS) is 19.1. The van der Waals surface area contributed by atoms with Crippen molar-refractivity contribution in [3.63, 3.8) is 0 Å². The van der Waals surface area contributed by atoms with E-state index in [-0.39, 0.29) is 17.8 Å². The van der Waals surface area contributed by atoms with Gasteiger partial charge in [-0.2, -0.15) is 0 Å². The largest absolute Gasteiger partial charge is 0.273 e. The van der Waals surface area contributed by atoms with Crippen LogP contribution in [0.3, 0.4) is 0 Å². The van der Waals surface area contributed by atoms with Crippen LogP contribution in [0.15, 0.2) is 42.5 Å². The van der Waals surface area contributed by atoms with E-state index in [0.29, 0.717) is 23.5 Å². The second kappa shape index (κ2) is 12.6. The summed E-state index contributed by atoms with van der Waals surface area (Å²) in [4.78, 5) is 0. The predicted molar refractivity (Wildman–Crippen MR) is 133 cm³/mol. The molecule has 3 heteroatoms. The van der Waals surface area contributed by atoms with Gasteiger partial charge in [0.15, 0.2) is 0 Å². The molecular formula is C30H41F3. The number of halogens is 3. The Morgan fingerprint density at radius 3 is 2.09 bits per heavy atom. The first-order chi connectivity index (χ1) is 15.9. The van der Waals surface area contributed by atoms with Gasteiger partial charge in [-0.3, -0.25) is 0 Å².